The molecule has 74 valence electrons. The van der Waals surface area contributed by atoms with Gasteiger partial charge in [-0.25, -0.2) is 8.42 Å². The molecule has 2 aliphatic rings. The molecule has 2 aliphatic heterocycles. The van der Waals surface area contributed by atoms with E-state index in [1.807, 2.05) is 26.0 Å². The van der Waals surface area contributed by atoms with E-state index in [1.165, 1.54) is 0 Å². The molecule has 2 heterocycles. The van der Waals surface area contributed by atoms with E-state index < -0.39 is 19.3 Å². The Morgan fingerprint density at radius 1 is 1.00 bits per heavy atom. The molecule has 3 heteroatoms. The van der Waals surface area contributed by atoms with Gasteiger partial charge in [0.25, 0.3) is 0 Å². The van der Waals surface area contributed by atoms with Crippen LogP contribution in [0, 0.1) is 0 Å². The van der Waals surface area contributed by atoms with Crippen molar-refractivity contribution < 1.29 is 8.42 Å². The molecular formula is C10H16O2S. The quantitative estimate of drug-likeness (QED) is 0.561. The van der Waals surface area contributed by atoms with Crippen molar-refractivity contribution in [3.63, 3.8) is 0 Å². The van der Waals surface area contributed by atoms with Gasteiger partial charge in [0.1, 0.15) is 0 Å². The molecule has 0 spiro atoms. The zero-order chi connectivity index (χ0) is 9.74. The van der Waals surface area contributed by atoms with Crippen LogP contribution in [0.3, 0.4) is 0 Å². The van der Waals surface area contributed by atoms with E-state index in [0.29, 0.717) is 0 Å². The van der Waals surface area contributed by atoms with Gasteiger partial charge in [0, 0.05) is 0 Å². The first kappa shape index (κ1) is 9.25. The van der Waals surface area contributed by atoms with Gasteiger partial charge in [-0.05, 0) is 26.7 Å². The Morgan fingerprint density at radius 3 is 1.77 bits per heavy atom. The number of rotatable bonds is 0. The predicted molar refractivity (Wildman–Crippen MR) is 53.3 cm³/mol. The molecule has 2 nitrogen and oxygen atoms in total. The Bertz CT molecular complexity index is 327. The molecule has 0 N–H and O–H groups in total. The number of fused-ring (bicyclic) bond motifs is 2. The zero-order valence-corrected chi connectivity index (χ0v) is 9.02. The van der Waals surface area contributed by atoms with Gasteiger partial charge in [-0.3, -0.25) is 0 Å². The van der Waals surface area contributed by atoms with Crippen LogP contribution in [-0.2, 0) is 9.84 Å². The van der Waals surface area contributed by atoms with Crippen molar-refractivity contribution in [1.82, 2.24) is 0 Å². The van der Waals surface area contributed by atoms with Gasteiger partial charge < -0.3 is 0 Å². The number of hydrogen-bond donors (Lipinski definition) is 0. The Morgan fingerprint density at radius 2 is 1.38 bits per heavy atom. The van der Waals surface area contributed by atoms with E-state index in [9.17, 15) is 8.42 Å². The van der Waals surface area contributed by atoms with Gasteiger partial charge in [0.05, 0.1) is 9.49 Å². The van der Waals surface area contributed by atoms with E-state index in [0.717, 1.165) is 25.7 Å². The van der Waals surface area contributed by atoms with Gasteiger partial charge in [-0.1, -0.05) is 25.0 Å². The Kier molecular flexibility index (Phi) is 1.69. The molecular weight excluding hydrogens is 184 g/mol. The smallest absolute Gasteiger partial charge is 0.168 e. The minimum atomic E-state index is -2.98. The summed E-state index contributed by atoms with van der Waals surface area (Å²) in [5, 5.41) is 0. The van der Waals surface area contributed by atoms with Gasteiger partial charge >= 0.3 is 0 Å². The van der Waals surface area contributed by atoms with Crippen molar-refractivity contribution in [3.8, 4) is 0 Å². The molecule has 0 aromatic rings. The highest BCUT2D eigenvalue weighted by Crippen LogP contribution is 2.46. The van der Waals surface area contributed by atoms with E-state index in [4.69, 9.17) is 0 Å². The maximum absolute atomic E-state index is 12.2. The number of hydrogen-bond acceptors (Lipinski definition) is 2. The normalized spacial score (nSPS) is 47.5. The second kappa shape index (κ2) is 2.38. The third-order valence-corrected chi connectivity index (χ3v) is 6.75. The molecule has 2 bridgehead atoms. The maximum Gasteiger partial charge on any atom is 0.168 e. The van der Waals surface area contributed by atoms with Crippen LogP contribution in [0.25, 0.3) is 0 Å². The molecule has 0 saturated carbocycles. The summed E-state index contributed by atoms with van der Waals surface area (Å²) < 4.78 is 23.2. The van der Waals surface area contributed by atoms with Crippen LogP contribution < -0.4 is 0 Å². The standard InChI is InChI=1S/C10H16O2S/c1-9-5-3-4-6-10(2,8-7-9)13(9,11)12/h7-8H,3-6H2,1-2H3/t9-,10-/m0/s1. The van der Waals surface area contributed by atoms with Gasteiger partial charge in [-0.2, -0.15) is 0 Å². The molecule has 1 saturated heterocycles. The highest BCUT2D eigenvalue weighted by atomic mass is 32.2. The summed E-state index contributed by atoms with van der Waals surface area (Å²) in [6.07, 6.45) is 7.47. The SMILES string of the molecule is C[C@@]12C=C[C@](C)(CCCC1)S2(=O)=O. The van der Waals surface area contributed by atoms with Crippen molar-refractivity contribution in [3.05, 3.63) is 12.2 Å². The van der Waals surface area contributed by atoms with E-state index in [-0.39, 0.29) is 0 Å². The molecule has 13 heavy (non-hydrogen) atoms. The molecule has 0 aromatic heterocycles. The summed E-state index contributed by atoms with van der Waals surface area (Å²) in [5.41, 5.74) is 0. The van der Waals surface area contributed by atoms with E-state index in [1.54, 1.807) is 0 Å². The van der Waals surface area contributed by atoms with E-state index in [2.05, 4.69) is 0 Å². The third-order valence-electron chi connectivity index (χ3n) is 3.61. The third kappa shape index (κ3) is 0.967. The van der Waals surface area contributed by atoms with Crippen LogP contribution in [0.5, 0.6) is 0 Å². The molecule has 2 atom stereocenters. The van der Waals surface area contributed by atoms with Crippen LogP contribution in [0.1, 0.15) is 39.5 Å². The lowest BCUT2D eigenvalue weighted by Crippen LogP contribution is -2.39. The van der Waals surface area contributed by atoms with Gasteiger partial charge in [-0.15, -0.1) is 0 Å². The average Bonchev–Trinajstić information content (AvgIpc) is 2.15. The lowest BCUT2D eigenvalue weighted by molar-refractivity contribution is 0.545. The fourth-order valence-corrected chi connectivity index (χ4v) is 4.84. The Hall–Kier alpha value is -0.310. The van der Waals surface area contributed by atoms with Crippen LogP contribution in [0.15, 0.2) is 12.2 Å². The Labute approximate surface area is 79.9 Å². The molecule has 0 aliphatic carbocycles. The van der Waals surface area contributed by atoms with Crippen molar-refractivity contribution in [2.45, 2.75) is 49.0 Å². The topological polar surface area (TPSA) is 34.1 Å². The summed E-state index contributed by atoms with van der Waals surface area (Å²) >= 11 is 0. The van der Waals surface area contributed by atoms with Crippen molar-refractivity contribution in [1.29, 1.82) is 0 Å². The van der Waals surface area contributed by atoms with Crippen LogP contribution in [-0.4, -0.2) is 17.9 Å². The highest BCUT2D eigenvalue weighted by Gasteiger charge is 2.53. The average molecular weight is 200 g/mol. The maximum atomic E-state index is 12.2. The lowest BCUT2D eigenvalue weighted by Gasteiger charge is -2.26. The first-order valence-electron chi connectivity index (χ1n) is 4.86. The summed E-state index contributed by atoms with van der Waals surface area (Å²) in [6.45, 7) is 3.71. The zero-order valence-electron chi connectivity index (χ0n) is 8.21. The molecule has 0 radical (unpaired) electrons. The van der Waals surface area contributed by atoms with Crippen molar-refractivity contribution in [2.75, 3.05) is 0 Å². The molecule has 0 unspecified atom stereocenters. The first-order valence-corrected chi connectivity index (χ1v) is 6.34. The van der Waals surface area contributed by atoms with Gasteiger partial charge in [0.15, 0.2) is 9.84 Å². The van der Waals surface area contributed by atoms with Crippen LogP contribution >= 0.6 is 0 Å². The molecule has 2 rings (SSSR count). The largest absolute Gasteiger partial charge is 0.227 e. The molecule has 1 fully saturated rings. The second-order valence-electron chi connectivity index (χ2n) is 4.67. The Balaban J connectivity index is 2.61. The van der Waals surface area contributed by atoms with Crippen molar-refractivity contribution >= 4 is 9.84 Å². The second-order valence-corrected chi connectivity index (χ2v) is 7.54. The highest BCUT2D eigenvalue weighted by molar-refractivity contribution is 7.94. The minimum absolute atomic E-state index is 0.571. The fraction of sp³-hybridized carbons (Fsp3) is 0.800. The van der Waals surface area contributed by atoms with Gasteiger partial charge in [0.2, 0.25) is 0 Å². The van der Waals surface area contributed by atoms with Crippen molar-refractivity contribution in [2.24, 2.45) is 0 Å². The summed E-state index contributed by atoms with van der Waals surface area (Å²) in [4.78, 5) is 0. The van der Waals surface area contributed by atoms with Crippen LogP contribution in [0.2, 0.25) is 0 Å². The fourth-order valence-electron chi connectivity index (χ4n) is 2.45. The number of sulfone groups is 1. The molecule has 0 amide bonds. The minimum Gasteiger partial charge on any atom is -0.227 e. The van der Waals surface area contributed by atoms with Crippen LogP contribution in [0.4, 0.5) is 0 Å². The summed E-state index contributed by atoms with van der Waals surface area (Å²) in [5.74, 6) is 0. The monoisotopic (exact) mass is 200 g/mol. The van der Waals surface area contributed by atoms with E-state index >= 15 is 0 Å². The lowest BCUT2D eigenvalue weighted by atomic mass is 9.93. The molecule has 0 aromatic carbocycles. The summed E-state index contributed by atoms with van der Waals surface area (Å²) in [6, 6.07) is 0. The predicted octanol–water partition coefficient (Wildman–Crippen LogP) is 2.06. The summed E-state index contributed by atoms with van der Waals surface area (Å²) in [7, 11) is -2.98. The first-order chi connectivity index (χ1) is 5.91.